The first-order valence-electron chi connectivity index (χ1n) is 4.67. The number of esters is 1. The molecule has 0 aromatic carbocycles. The Bertz CT molecular complexity index is 217. The van der Waals surface area contributed by atoms with E-state index in [2.05, 4.69) is 10.1 Å². The molecule has 0 spiro atoms. The minimum Gasteiger partial charge on any atom is -0.467 e. The van der Waals surface area contributed by atoms with E-state index in [0.29, 0.717) is 6.42 Å². The summed E-state index contributed by atoms with van der Waals surface area (Å²) in [7, 11) is 1.17. The van der Waals surface area contributed by atoms with Gasteiger partial charge in [-0.2, -0.15) is 0 Å². The lowest BCUT2D eigenvalue weighted by molar-refractivity contribution is -0.146. The number of ether oxygens (including phenoxy) is 1. The summed E-state index contributed by atoms with van der Waals surface area (Å²) in [6, 6.07) is -1.03. The molecule has 0 radical (unpaired) electrons. The van der Waals surface area contributed by atoms with Crippen molar-refractivity contribution in [2.24, 2.45) is 0 Å². The number of methoxy groups -OCH3 is 1. The van der Waals surface area contributed by atoms with Gasteiger partial charge < -0.3 is 20.3 Å². The summed E-state index contributed by atoms with van der Waals surface area (Å²) in [6.45, 7) is 1.06. The fraction of sp³-hybridized carbons (Fsp3) is 0.778. The summed E-state index contributed by atoms with van der Waals surface area (Å²) < 4.78 is 4.37. The second-order valence-corrected chi connectivity index (χ2v) is 3.21. The van der Waals surface area contributed by atoms with Crippen molar-refractivity contribution in [1.29, 1.82) is 0 Å². The molecule has 0 saturated carbocycles. The molecule has 0 bridgehead atoms. The highest BCUT2D eigenvalue weighted by Crippen LogP contribution is 1.96. The number of rotatable bonds is 6. The molecule has 0 fully saturated rings. The SMILES string of the molecule is COC(=O)C(CO)NC(=O)CCC(C)O. The summed E-state index contributed by atoms with van der Waals surface area (Å²) in [5.41, 5.74) is 0. The molecule has 0 aliphatic heterocycles. The Morgan fingerprint density at radius 2 is 2.07 bits per heavy atom. The monoisotopic (exact) mass is 219 g/mol. The molecule has 3 N–H and O–H groups in total. The van der Waals surface area contributed by atoms with Gasteiger partial charge in [-0.15, -0.1) is 0 Å². The first kappa shape index (κ1) is 13.9. The van der Waals surface area contributed by atoms with Gasteiger partial charge in [0.25, 0.3) is 0 Å². The summed E-state index contributed by atoms with van der Waals surface area (Å²) in [5, 5.41) is 20.0. The molecule has 1 amide bonds. The highest BCUT2D eigenvalue weighted by molar-refractivity contribution is 5.84. The number of amides is 1. The van der Waals surface area contributed by atoms with Crippen molar-refractivity contribution in [3.63, 3.8) is 0 Å². The molecule has 0 rings (SSSR count). The van der Waals surface area contributed by atoms with Gasteiger partial charge in [0.2, 0.25) is 5.91 Å². The van der Waals surface area contributed by atoms with Gasteiger partial charge in [-0.3, -0.25) is 4.79 Å². The lowest BCUT2D eigenvalue weighted by atomic mass is 10.2. The van der Waals surface area contributed by atoms with Crippen molar-refractivity contribution in [2.45, 2.75) is 31.9 Å². The molecule has 0 heterocycles. The van der Waals surface area contributed by atoms with Crippen LogP contribution in [0.25, 0.3) is 0 Å². The molecule has 15 heavy (non-hydrogen) atoms. The third kappa shape index (κ3) is 6.03. The van der Waals surface area contributed by atoms with Crippen molar-refractivity contribution >= 4 is 11.9 Å². The zero-order valence-electron chi connectivity index (χ0n) is 8.90. The highest BCUT2D eigenvalue weighted by Gasteiger charge is 2.20. The molecule has 88 valence electrons. The molecule has 0 aliphatic carbocycles. The second-order valence-electron chi connectivity index (χ2n) is 3.21. The van der Waals surface area contributed by atoms with Crippen LogP contribution < -0.4 is 5.32 Å². The highest BCUT2D eigenvalue weighted by atomic mass is 16.5. The van der Waals surface area contributed by atoms with E-state index in [9.17, 15) is 9.59 Å². The van der Waals surface area contributed by atoms with Crippen LogP contribution in [-0.4, -0.2) is 48.0 Å². The van der Waals surface area contributed by atoms with Gasteiger partial charge in [0.05, 0.1) is 19.8 Å². The number of hydrogen-bond donors (Lipinski definition) is 3. The smallest absolute Gasteiger partial charge is 0.330 e. The van der Waals surface area contributed by atoms with Crippen LogP contribution in [0.15, 0.2) is 0 Å². The largest absolute Gasteiger partial charge is 0.467 e. The second kappa shape index (κ2) is 7.19. The molecular weight excluding hydrogens is 202 g/mol. The average Bonchev–Trinajstić information content (AvgIpc) is 2.21. The lowest BCUT2D eigenvalue weighted by Crippen LogP contribution is -2.44. The minimum absolute atomic E-state index is 0.102. The predicted octanol–water partition coefficient (Wildman–Crippen LogP) is -1.20. The van der Waals surface area contributed by atoms with Crippen molar-refractivity contribution in [1.82, 2.24) is 5.32 Å². The Hall–Kier alpha value is -1.14. The Balaban J connectivity index is 3.96. The summed E-state index contributed by atoms with van der Waals surface area (Å²) in [4.78, 5) is 22.2. The van der Waals surface area contributed by atoms with Crippen molar-refractivity contribution in [2.75, 3.05) is 13.7 Å². The normalized spacial score (nSPS) is 14.1. The van der Waals surface area contributed by atoms with Crippen LogP contribution in [0.5, 0.6) is 0 Å². The van der Waals surface area contributed by atoms with Crippen molar-refractivity contribution in [3.8, 4) is 0 Å². The Kier molecular flexibility index (Phi) is 6.64. The quantitative estimate of drug-likeness (QED) is 0.487. The maximum absolute atomic E-state index is 11.2. The zero-order chi connectivity index (χ0) is 11.8. The first-order chi connectivity index (χ1) is 7.01. The summed E-state index contributed by atoms with van der Waals surface area (Å²) in [5.74, 6) is -1.09. The van der Waals surface area contributed by atoms with Crippen LogP contribution in [-0.2, 0) is 14.3 Å². The molecule has 6 heteroatoms. The van der Waals surface area contributed by atoms with E-state index in [4.69, 9.17) is 10.2 Å². The van der Waals surface area contributed by atoms with Gasteiger partial charge in [0.15, 0.2) is 6.04 Å². The van der Waals surface area contributed by atoms with Gasteiger partial charge in [-0.1, -0.05) is 0 Å². The van der Waals surface area contributed by atoms with Gasteiger partial charge in [-0.25, -0.2) is 4.79 Å². The van der Waals surface area contributed by atoms with Gasteiger partial charge in [0, 0.05) is 6.42 Å². The van der Waals surface area contributed by atoms with Crippen molar-refractivity contribution < 1.29 is 24.5 Å². The van der Waals surface area contributed by atoms with Crippen LogP contribution in [0.4, 0.5) is 0 Å². The number of carbonyl (C=O) groups is 2. The fourth-order valence-corrected chi connectivity index (χ4v) is 0.928. The van der Waals surface area contributed by atoms with E-state index < -0.39 is 30.6 Å². The first-order valence-corrected chi connectivity index (χ1v) is 4.67. The molecule has 6 nitrogen and oxygen atoms in total. The molecule has 0 aromatic rings. The standard InChI is InChI=1S/C9H17NO5/c1-6(12)3-4-8(13)10-7(5-11)9(14)15-2/h6-7,11-12H,3-5H2,1-2H3,(H,10,13). The topological polar surface area (TPSA) is 95.9 Å². The van der Waals surface area contributed by atoms with Crippen LogP contribution >= 0.6 is 0 Å². The number of hydrogen-bond acceptors (Lipinski definition) is 5. The number of aliphatic hydroxyl groups excluding tert-OH is 2. The van der Waals surface area contributed by atoms with Gasteiger partial charge in [-0.05, 0) is 13.3 Å². The number of aliphatic hydroxyl groups is 2. The molecule has 2 unspecified atom stereocenters. The van der Waals surface area contributed by atoms with E-state index in [-0.39, 0.29) is 6.42 Å². The maximum Gasteiger partial charge on any atom is 0.330 e. The predicted molar refractivity (Wildman–Crippen MR) is 51.9 cm³/mol. The fourth-order valence-electron chi connectivity index (χ4n) is 0.928. The minimum atomic E-state index is -1.03. The molecular formula is C9H17NO5. The summed E-state index contributed by atoms with van der Waals surface area (Å²) >= 11 is 0. The van der Waals surface area contributed by atoms with Gasteiger partial charge in [0.1, 0.15) is 0 Å². The Morgan fingerprint density at radius 3 is 2.47 bits per heavy atom. The third-order valence-electron chi connectivity index (χ3n) is 1.79. The maximum atomic E-state index is 11.2. The van der Waals surface area contributed by atoms with Gasteiger partial charge >= 0.3 is 5.97 Å². The summed E-state index contributed by atoms with van der Waals surface area (Å²) in [6.07, 6.45) is -0.155. The molecule has 0 saturated heterocycles. The van der Waals surface area contributed by atoms with E-state index in [1.165, 1.54) is 7.11 Å². The Labute approximate surface area is 88.2 Å². The molecule has 0 aromatic heterocycles. The van der Waals surface area contributed by atoms with Crippen LogP contribution in [0.2, 0.25) is 0 Å². The van der Waals surface area contributed by atoms with Crippen LogP contribution in [0.3, 0.4) is 0 Å². The van der Waals surface area contributed by atoms with E-state index in [1.807, 2.05) is 0 Å². The molecule has 0 aliphatic rings. The van der Waals surface area contributed by atoms with E-state index in [0.717, 1.165) is 0 Å². The Morgan fingerprint density at radius 1 is 1.47 bits per heavy atom. The van der Waals surface area contributed by atoms with Crippen LogP contribution in [0.1, 0.15) is 19.8 Å². The average molecular weight is 219 g/mol. The third-order valence-corrected chi connectivity index (χ3v) is 1.79. The zero-order valence-corrected chi connectivity index (χ0v) is 8.90. The lowest BCUT2D eigenvalue weighted by Gasteiger charge is -2.13. The van der Waals surface area contributed by atoms with Crippen molar-refractivity contribution in [3.05, 3.63) is 0 Å². The number of nitrogens with one attached hydrogen (secondary N) is 1. The number of carbonyl (C=O) groups excluding carboxylic acids is 2. The van der Waals surface area contributed by atoms with E-state index >= 15 is 0 Å². The van der Waals surface area contributed by atoms with Crippen LogP contribution in [0, 0.1) is 0 Å². The molecule has 2 atom stereocenters. The van der Waals surface area contributed by atoms with E-state index in [1.54, 1.807) is 6.92 Å².